The number of benzene rings is 2. The Bertz CT molecular complexity index is 856. The van der Waals surface area contributed by atoms with Crippen LogP contribution in [0.4, 0.5) is 11.4 Å². The predicted molar refractivity (Wildman–Crippen MR) is 107 cm³/mol. The summed E-state index contributed by atoms with van der Waals surface area (Å²) >= 11 is 0. The molecular weight excluding hydrogens is 374 g/mol. The Morgan fingerprint density at radius 2 is 1.73 bits per heavy atom. The molecule has 0 bridgehead atoms. The summed E-state index contributed by atoms with van der Waals surface area (Å²) in [7, 11) is -2.91. The molecule has 140 valence electrons. The van der Waals surface area contributed by atoms with E-state index in [-0.39, 0.29) is 29.8 Å². The number of nitrogens with one attached hydrogen (secondary N) is 1. The molecule has 0 unspecified atom stereocenters. The first-order chi connectivity index (χ1) is 12.0. The second-order valence-corrected chi connectivity index (χ2v) is 8.35. The van der Waals surface area contributed by atoms with Crippen molar-refractivity contribution >= 4 is 39.5 Å². The highest BCUT2D eigenvalue weighted by Gasteiger charge is 2.21. The fourth-order valence-electron chi connectivity index (χ4n) is 2.75. The monoisotopic (exact) mass is 395 g/mol. The Labute approximate surface area is 159 Å². The van der Waals surface area contributed by atoms with Crippen molar-refractivity contribution in [3.63, 3.8) is 0 Å². The Hall–Kier alpha value is -2.09. The van der Waals surface area contributed by atoms with Crippen LogP contribution in [-0.2, 0) is 16.4 Å². The number of anilines is 2. The van der Waals surface area contributed by atoms with E-state index in [2.05, 4.69) is 5.32 Å². The van der Waals surface area contributed by atoms with E-state index in [1.54, 1.807) is 12.1 Å². The molecule has 3 N–H and O–H groups in total. The molecule has 26 heavy (non-hydrogen) atoms. The van der Waals surface area contributed by atoms with Gasteiger partial charge in [-0.1, -0.05) is 18.2 Å². The van der Waals surface area contributed by atoms with Gasteiger partial charge in [-0.25, -0.2) is 8.42 Å². The minimum Gasteiger partial charge on any atom is -0.369 e. The fraction of sp³-hybridized carbons (Fsp3) is 0.278. The Morgan fingerprint density at radius 3 is 2.35 bits per heavy atom. The SMILES string of the molecule is Cl.NCc1ccc(C(=O)Nc2cccc(N3CCS(=O)(=O)CC3)c2)cc1. The summed E-state index contributed by atoms with van der Waals surface area (Å²) in [6.45, 7) is 1.38. The highest BCUT2D eigenvalue weighted by atomic mass is 35.5. The lowest BCUT2D eigenvalue weighted by Gasteiger charge is -2.29. The third kappa shape index (κ3) is 4.97. The van der Waals surface area contributed by atoms with E-state index in [9.17, 15) is 13.2 Å². The molecule has 0 saturated carbocycles. The van der Waals surface area contributed by atoms with Crippen LogP contribution in [0.3, 0.4) is 0 Å². The molecule has 2 aromatic carbocycles. The smallest absolute Gasteiger partial charge is 0.255 e. The fourth-order valence-corrected chi connectivity index (χ4v) is 3.95. The van der Waals surface area contributed by atoms with Gasteiger partial charge in [0.25, 0.3) is 5.91 Å². The molecule has 0 spiro atoms. The van der Waals surface area contributed by atoms with E-state index in [0.717, 1.165) is 11.3 Å². The molecule has 2 aromatic rings. The van der Waals surface area contributed by atoms with Crippen LogP contribution in [0.1, 0.15) is 15.9 Å². The van der Waals surface area contributed by atoms with E-state index in [0.29, 0.717) is 30.9 Å². The summed E-state index contributed by atoms with van der Waals surface area (Å²) < 4.78 is 23.1. The molecule has 6 nitrogen and oxygen atoms in total. The van der Waals surface area contributed by atoms with Gasteiger partial charge in [0.15, 0.2) is 9.84 Å². The van der Waals surface area contributed by atoms with Crippen molar-refractivity contribution in [1.29, 1.82) is 0 Å². The summed E-state index contributed by atoms with van der Waals surface area (Å²) in [4.78, 5) is 14.4. The number of nitrogens with two attached hydrogens (primary N) is 1. The number of carbonyl (C=O) groups is 1. The highest BCUT2D eigenvalue weighted by molar-refractivity contribution is 7.91. The zero-order valence-corrected chi connectivity index (χ0v) is 15.9. The van der Waals surface area contributed by atoms with Crippen LogP contribution in [0.15, 0.2) is 48.5 Å². The van der Waals surface area contributed by atoms with Gasteiger partial charge < -0.3 is 16.0 Å². The van der Waals surface area contributed by atoms with Crippen molar-refractivity contribution in [3.8, 4) is 0 Å². The number of rotatable bonds is 4. The summed E-state index contributed by atoms with van der Waals surface area (Å²) in [5.41, 5.74) is 8.68. The molecule has 0 atom stereocenters. The lowest BCUT2D eigenvalue weighted by Crippen LogP contribution is -2.40. The molecule has 0 aliphatic carbocycles. The third-order valence-corrected chi connectivity index (χ3v) is 5.87. The molecular formula is C18H22ClN3O3S. The standard InChI is InChI=1S/C18H21N3O3S.ClH/c19-13-14-4-6-15(7-5-14)18(22)20-16-2-1-3-17(12-16)21-8-10-25(23,24)11-9-21;/h1-7,12H,8-11,13,19H2,(H,20,22);1H. The lowest BCUT2D eigenvalue weighted by atomic mass is 10.1. The molecule has 1 aliphatic heterocycles. The van der Waals surface area contributed by atoms with E-state index in [4.69, 9.17) is 5.73 Å². The average Bonchev–Trinajstić information content (AvgIpc) is 2.62. The summed E-state index contributed by atoms with van der Waals surface area (Å²) in [5, 5.41) is 2.88. The highest BCUT2D eigenvalue weighted by Crippen LogP contribution is 2.22. The van der Waals surface area contributed by atoms with Gasteiger partial charge in [-0.05, 0) is 35.9 Å². The lowest BCUT2D eigenvalue weighted by molar-refractivity contribution is 0.102. The molecule has 8 heteroatoms. The first kappa shape index (κ1) is 20.2. The van der Waals surface area contributed by atoms with Crippen LogP contribution in [0.25, 0.3) is 0 Å². The topological polar surface area (TPSA) is 92.5 Å². The van der Waals surface area contributed by atoms with Gasteiger partial charge in [-0.3, -0.25) is 4.79 Å². The van der Waals surface area contributed by atoms with Crippen LogP contribution >= 0.6 is 12.4 Å². The molecule has 0 radical (unpaired) electrons. The molecule has 1 amide bonds. The summed E-state index contributed by atoms with van der Waals surface area (Å²) in [6, 6.07) is 14.6. The van der Waals surface area contributed by atoms with Gasteiger partial charge in [-0.15, -0.1) is 12.4 Å². The largest absolute Gasteiger partial charge is 0.369 e. The number of hydrogen-bond donors (Lipinski definition) is 2. The maximum Gasteiger partial charge on any atom is 0.255 e. The van der Waals surface area contributed by atoms with E-state index in [1.165, 1.54) is 0 Å². The first-order valence-corrected chi connectivity index (χ1v) is 9.95. The number of sulfone groups is 1. The van der Waals surface area contributed by atoms with Crippen LogP contribution in [0, 0.1) is 0 Å². The summed E-state index contributed by atoms with van der Waals surface area (Å²) in [5.74, 6) is 0.135. The molecule has 1 saturated heterocycles. The third-order valence-electron chi connectivity index (χ3n) is 4.27. The second-order valence-electron chi connectivity index (χ2n) is 6.04. The Balaban J connectivity index is 0.00000243. The van der Waals surface area contributed by atoms with E-state index >= 15 is 0 Å². The molecule has 1 fully saturated rings. The maximum atomic E-state index is 12.4. The minimum atomic E-state index is -2.91. The van der Waals surface area contributed by atoms with E-state index < -0.39 is 9.84 Å². The predicted octanol–water partition coefficient (Wildman–Crippen LogP) is 2.05. The quantitative estimate of drug-likeness (QED) is 0.826. The Morgan fingerprint density at radius 1 is 1.08 bits per heavy atom. The number of nitrogens with zero attached hydrogens (tertiary/aromatic N) is 1. The molecule has 1 aliphatic rings. The second kappa shape index (κ2) is 8.53. The average molecular weight is 396 g/mol. The van der Waals surface area contributed by atoms with Crippen LogP contribution in [0.5, 0.6) is 0 Å². The van der Waals surface area contributed by atoms with Gasteiger partial charge in [-0.2, -0.15) is 0 Å². The van der Waals surface area contributed by atoms with Gasteiger partial charge in [0.05, 0.1) is 11.5 Å². The number of carbonyl (C=O) groups excluding carboxylic acids is 1. The number of hydrogen-bond acceptors (Lipinski definition) is 5. The van der Waals surface area contributed by atoms with Crippen molar-refractivity contribution in [2.45, 2.75) is 6.54 Å². The van der Waals surface area contributed by atoms with Crippen molar-refractivity contribution < 1.29 is 13.2 Å². The van der Waals surface area contributed by atoms with Crippen molar-refractivity contribution in [3.05, 3.63) is 59.7 Å². The van der Waals surface area contributed by atoms with Gasteiger partial charge in [0.2, 0.25) is 0 Å². The van der Waals surface area contributed by atoms with Crippen molar-refractivity contribution in [2.24, 2.45) is 5.73 Å². The molecule has 1 heterocycles. The van der Waals surface area contributed by atoms with Gasteiger partial charge in [0.1, 0.15) is 0 Å². The molecule has 3 rings (SSSR count). The maximum absolute atomic E-state index is 12.4. The van der Waals surface area contributed by atoms with Gasteiger partial charge in [0, 0.05) is 36.6 Å². The number of halogens is 1. The van der Waals surface area contributed by atoms with Crippen LogP contribution in [-0.4, -0.2) is 38.9 Å². The van der Waals surface area contributed by atoms with Gasteiger partial charge >= 0.3 is 0 Å². The first-order valence-electron chi connectivity index (χ1n) is 8.13. The van der Waals surface area contributed by atoms with Crippen LogP contribution in [0.2, 0.25) is 0 Å². The van der Waals surface area contributed by atoms with E-state index in [1.807, 2.05) is 41.3 Å². The summed E-state index contributed by atoms with van der Waals surface area (Å²) in [6.07, 6.45) is 0. The zero-order valence-electron chi connectivity index (χ0n) is 14.2. The van der Waals surface area contributed by atoms with Crippen LogP contribution < -0.4 is 16.0 Å². The van der Waals surface area contributed by atoms with Crippen molar-refractivity contribution in [1.82, 2.24) is 0 Å². The van der Waals surface area contributed by atoms with Crippen molar-refractivity contribution in [2.75, 3.05) is 34.8 Å². The normalized spacial score (nSPS) is 15.8. The molecule has 0 aromatic heterocycles. The Kier molecular flexibility index (Phi) is 6.63. The number of amides is 1. The zero-order chi connectivity index (χ0) is 17.9. The minimum absolute atomic E-state index is 0.